The Morgan fingerprint density at radius 3 is 2.76 bits per heavy atom. The number of nitrogens with one attached hydrogen (secondary N) is 1. The Bertz CT molecular complexity index is 830. The maximum absolute atomic E-state index is 13.2. The van der Waals surface area contributed by atoms with Crippen molar-refractivity contribution in [2.45, 2.75) is 5.92 Å². The van der Waals surface area contributed by atoms with Crippen molar-refractivity contribution < 1.29 is 9.18 Å². The van der Waals surface area contributed by atoms with Crippen molar-refractivity contribution >= 4 is 16.8 Å². The first kappa shape index (κ1) is 13.0. The normalized spacial score (nSPS) is 12.0. The fourth-order valence-corrected chi connectivity index (χ4v) is 2.16. The summed E-state index contributed by atoms with van der Waals surface area (Å²) in [7, 11) is 0. The topological polar surface area (TPSA) is 69.5 Å². The van der Waals surface area contributed by atoms with Crippen LogP contribution in [0.25, 0.3) is 11.0 Å². The minimum Gasteiger partial charge on any atom is -0.340 e. The summed E-state index contributed by atoms with van der Waals surface area (Å²) in [5.41, 5.74) is 1.58. The summed E-state index contributed by atoms with van der Waals surface area (Å²) in [6.45, 7) is 0. The van der Waals surface area contributed by atoms with Gasteiger partial charge in [0.2, 0.25) is 0 Å². The smallest absolute Gasteiger partial charge is 0.187 e. The average Bonchev–Trinajstić information content (AvgIpc) is 2.91. The van der Waals surface area contributed by atoms with Gasteiger partial charge in [0.15, 0.2) is 11.7 Å². The van der Waals surface area contributed by atoms with Gasteiger partial charge in [0, 0.05) is 5.56 Å². The fraction of sp³-hybridized carbons (Fsp3) is 0.0625. The molecule has 0 saturated heterocycles. The molecule has 1 aromatic heterocycles. The minimum absolute atomic E-state index is 0.155. The van der Waals surface area contributed by atoms with E-state index in [2.05, 4.69) is 9.97 Å². The Balaban J connectivity index is 2.02. The van der Waals surface area contributed by atoms with E-state index in [4.69, 9.17) is 0 Å². The number of para-hydroxylation sites is 2. The number of benzene rings is 2. The van der Waals surface area contributed by atoms with Crippen LogP contribution in [-0.2, 0) is 0 Å². The number of hydrogen-bond acceptors (Lipinski definition) is 3. The number of Topliss-reactive ketones (excluding diaryl/α,β-unsaturated/α-hetero) is 1. The lowest BCUT2D eigenvalue weighted by Gasteiger charge is -2.05. The molecule has 2 aromatic carbocycles. The lowest BCUT2D eigenvalue weighted by atomic mass is 9.98. The van der Waals surface area contributed by atoms with E-state index in [-0.39, 0.29) is 11.4 Å². The van der Waals surface area contributed by atoms with E-state index in [1.807, 2.05) is 24.3 Å². The van der Waals surface area contributed by atoms with Crippen molar-refractivity contribution in [3.05, 3.63) is 65.7 Å². The first-order chi connectivity index (χ1) is 10.2. The van der Waals surface area contributed by atoms with Gasteiger partial charge in [0.1, 0.15) is 11.6 Å². The van der Waals surface area contributed by atoms with Crippen LogP contribution in [0.5, 0.6) is 0 Å². The van der Waals surface area contributed by atoms with Gasteiger partial charge >= 0.3 is 0 Å². The quantitative estimate of drug-likeness (QED) is 0.748. The van der Waals surface area contributed by atoms with E-state index in [1.54, 1.807) is 6.07 Å². The minimum atomic E-state index is -1.08. The van der Waals surface area contributed by atoms with Crippen molar-refractivity contribution in [3.8, 4) is 6.07 Å². The first-order valence-corrected chi connectivity index (χ1v) is 6.33. The average molecular weight is 279 g/mol. The van der Waals surface area contributed by atoms with Gasteiger partial charge in [-0.15, -0.1) is 0 Å². The highest BCUT2D eigenvalue weighted by Gasteiger charge is 2.25. The summed E-state index contributed by atoms with van der Waals surface area (Å²) in [4.78, 5) is 19.6. The summed E-state index contributed by atoms with van der Waals surface area (Å²) < 4.78 is 13.2. The van der Waals surface area contributed by atoms with Crippen LogP contribution >= 0.6 is 0 Å². The van der Waals surface area contributed by atoms with Crippen molar-refractivity contribution in [1.29, 1.82) is 5.26 Å². The molecule has 0 spiro atoms. The van der Waals surface area contributed by atoms with Crippen LogP contribution in [0.3, 0.4) is 0 Å². The molecule has 1 N–H and O–H groups in total. The summed E-state index contributed by atoms with van der Waals surface area (Å²) in [6, 6.07) is 14.5. The summed E-state index contributed by atoms with van der Waals surface area (Å²) >= 11 is 0. The number of carbonyl (C=O) groups is 1. The lowest BCUT2D eigenvalue weighted by molar-refractivity contribution is 0.0976. The number of carbonyl (C=O) groups excluding carboxylic acids is 1. The van der Waals surface area contributed by atoms with Crippen LogP contribution < -0.4 is 0 Å². The van der Waals surface area contributed by atoms with Crippen LogP contribution in [0.15, 0.2) is 48.5 Å². The third-order valence-electron chi connectivity index (χ3n) is 3.18. The van der Waals surface area contributed by atoms with Crippen molar-refractivity contribution in [2.24, 2.45) is 0 Å². The number of rotatable bonds is 3. The van der Waals surface area contributed by atoms with Gasteiger partial charge in [0.25, 0.3) is 0 Å². The molecule has 1 atom stereocenters. The second-order valence-corrected chi connectivity index (χ2v) is 4.58. The SMILES string of the molecule is N#CC(C(=O)c1cccc(F)c1)c1nc2ccccc2[nH]1. The molecule has 0 bridgehead atoms. The van der Waals surface area contributed by atoms with E-state index in [0.29, 0.717) is 5.52 Å². The molecule has 3 aromatic rings. The predicted octanol–water partition coefficient (Wildman–Crippen LogP) is 3.19. The molecule has 0 aliphatic carbocycles. The highest BCUT2D eigenvalue weighted by molar-refractivity contribution is 6.02. The van der Waals surface area contributed by atoms with E-state index in [0.717, 1.165) is 11.6 Å². The van der Waals surface area contributed by atoms with Crippen molar-refractivity contribution in [2.75, 3.05) is 0 Å². The Hall–Kier alpha value is -3.00. The second-order valence-electron chi connectivity index (χ2n) is 4.58. The molecule has 0 saturated carbocycles. The number of imidazole rings is 1. The Labute approximate surface area is 119 Å². The van der Waals surface area contributed by atoms with E-state index < -0.39 is 17.5 Å². The van der Waals surface area contributed by atoms with Crippen molar-refractivity contribution in [1.82, 2.24) is 9.97 Å². The van der Waals surface area contributed by atoms with Gasteiger partial charge in [0.05, 0.1) is 17.1 Å². The highest BCUT2D eigenvalue weighted by atomic mass is 19.1. The van der Waals surface area contributed by atoms with Gasteiger partial charge in [-0.2, -0.15) is 5.26 Å². The summed E-state index contributed by atoms with van der Waals surface area (Å²) in [5, 5.41) is 9.28. The number of ketones is 1. The van der Waals surface area contributed by atoms with Crippen LogP contribution in [0.2, 0.25) is 0 Å². The van der Waals surface area contributed by atoms with E-state index >= 15 is 0 Å². The number of hydrogen-bond donors (Lipinski definition) is 1. The molecule has 5 heteroatoms. The predicted molar refractivity (Wildman–Crippen MR) is 75.2 cm³/mol. The number of nitriles is 1. The highest BCUT2D eigenvalue weighted by Crippen LogP contribution is 2.21. The Morgan fingerprint density at radius 1 is 1.24 bits per heavy atom. The number of halogens is 1. The number of fused-ring (bicyclic) bond motifs is 1. The number of nitrogens with zero attached hydrogens (tertiary/aromatic N) is 2. The zero-order chi connectivity index (χ0) is 14.8. The molecule has 21 heavy (non-hydrogen) atoms. The molecular weight excluding hydrogens is 269 g/mol. The third-order valence-corrected chi connectivity index (χ3v) is 3.18. The van der Waals surface area contributed by atoms with Crippen molar-refractivity contribution in [3.63, 3.8) is 0 Å². The Kier molecular flexibility index (Phi) is 3.20. The largest absolute Gasteiger partial charge is 0.340 e. The molecule has 0 amide bonds. The summed E-state index contributed by atoms with van der Waals surface area (Å²) in [6.07, 6.45) is 0. The van der Waals surface area contributed by atoms with Gasteiger partial charge in [-0.1, -0.05) is 24.3 Å². The second kappa shape index (κ2) is 5.17. The van der Waals surface area contributed by atoms with Gasteiger partial charge in [-0.3, -0.25) is 4.79 Å². The molecule has 4 nitrogen and oxygen atoms in total. The van der Waals surface area contributed by atoms with Crippen LogP contribution in [0, 0.1) is 17.1 Å². The molecule has 0 aliphatic heterocycles. The zero-order valence-electron chi connectivity index (χ0n) is 10.9. The maximum Gasteiger partial charge on any atom is 0.187 e. The molecule has 1 heterocycles. The number of aromatic amines is 1. The van der Waals surface area contributed by atoms with Crippen LogP contribution in [-0.4, -0.2) is 15.8 Å². The molecular formula is C16H10FN3O. The fourth-order valence-electron chi connectivity index (χ4n) is 2.16. The van der Waals surface area contributed by atoms with Crippen LogP contribution in [0.1, 0.15) is 22.1 Å². The standard InChI is InChI=1S/C16H10FN3O/c17-11-5-3-4-10(8-11)15(21)12(9-18)16-19-13-6-1-2-7-14(13)20-16/h1-8,12H,(H,19,20). The molecule has 0 fully saturated rings. The van der Waals surface area contributed by atoms with Gasteiger partial charge in [-0.05, 0) is 24.3 Å². The molecule has 1 unspecified atom stereocenters. The first-order valence-electron chi connectivity index (χ1n) is 6.33. The third kappa shape index (κ3) is 2.39. The van der Waals surface area contributed by atoms with Gasteiger partial charge < -0.3 is 4.98 Å². The molecule has 102 valence electrons. The zero-order valence-corrected chi connectivity index (χ0v) is 10.9. The maximum atomic E-state index is 13.2. The number of aromatic nitrogens is 2. The number of H-pyrrole nitrogens is 1. The molecule has 3 rings (SSSR count). The molecule has 0 radical (unpaired) electrons. The van der Waals surface area contributed by atoms with E-state index in [9.17, 15) is 14.4 Å². The van der Waals surface area contributed by atoms with Crippen LogP contribution in [0.4, 0.5) is 4.39 Å². The van der Waals surface area contributed by atoms with E-state index in [1.165, 1.54) is 18.2 Å². The monoisotopic (exact) mass is 279 g/mol. The molecule has 0 aliphatic rings. The summed E-state index contributed by atoms with van der Waals surface area (Å²) in [5.74, 6) is -1.80. The van der Waals surface area contributed by atoms with Gasteiger partial charge in [-0.25, -0.2) is 9.37 Å². The Morgan fingerprint density at radius 2 is 2.05 bits per heavy atom. The lowest BCUT2D eigenvalue weighted by Crippen LogP contribution is -2.13.